The highest BCUT2D eigenvalue weighted by molar-refractivity contribution is 5.99. The zero-order valence-electron chi connectivity index (χ0n) is 14.9. The average molecular weight is 371 g/mol. The number of fused-ring (bicyclic) bond motifs is 1. The van der Waals surface area contributed by atoms with Crippen LogP contribution in [0.2, 0.25) is 0 Å². The lowest BCUT2D eigenvalue weighted by Gasteiger charge is -2.08. The maximum atomic E-state index is 12.2. The lowest BCUT2D eigenvalue weighted by Crippen LogP contribution is -2.41. The number of amides is 2. The maximum Gasteiger partial charge on any atom is 0.269 e. The molecule has 0 atom stereocenters. The number of benzene rings is 3. The van der Waals surface area contributed by atoms with Crippen LogP contribution in [0.5, 0.6) is 0 Å². The smallest absolute Gasteiger partial charge is 0.267 e. The van der Waals surface area contributed by atoms with E-state index in [9.17, 15) is 9.59 Å². The highest BCUT2D eigenvalue weighted by atomic mass is 16.2. The first-order valence-corrected chi connectivity index (χ1v) is 8.73. The van der Waals surface area contributed by atoms with E-state index in [-0.39, 0.29) is 11.8 Å². The third kappa shape index (κ3) is 3.73. The summed E-state index contributed by atoms with van der Waals surface area (Å²) in [4.78, 5) is 24.2. The van der Waals surface area contributed by atoms with Gasteiger partial charge in [0.15, 0.2) is 0 Å². The molecule has 0 aliphatic carbocycles. The number of rotatable bonds is 4. The molecule has 0 unspecified atom stereocenters. The third-order valence-corrected chi connectivity index (χ3v) is 4.29. The lowest BCUT2D eigenvalue weighted by molar-refractivity contribution is 0.0846. The van der Waals surface area contributed by atoms with Crippen LogP contribution in [0.25, 0.3) is 11.0 Å². The fourth-order valence-electron chi connectivity index (χ4n) is 2.82. The van der Waals surface area contributed by atoms with Gasteiger partial charge in [-0.15, -0.1) is 5.10 Å². The fraction of sp³-hybridized carbons (Fsp3) is 0.0476. The van der Waals surface area contributed by atoms with Crippen LogP contribution in [0.1, 0.15) is 26.3 Å². The minimum absolute atomic E-state index is 0.372. The van der Waals surface area contributed by atoms with Crippen LogP contribution >= 0.6 is 0 Å². The predicted octanol–water partition coefficient (Wildman–Crippen LogP) is 2.55. The second kappa shape index (κ2) is 7.71. The van der Waals surface area contributed by atoms with Crippen LogP contribution in [0.3, 0.4) is 0 Å². The summed E-state index contributed by atoms with van der Waals surface area (Å²) >= 11 is 0. The van der Waals surface area contributed by atoms with E-state index >= 15 is 0 Å². The molecule has 0 saturated heterocycles. The van der Waals surface area contributed by atoms with Gasteiger partial charge in [0, 0.05) is 11.1 Å². The number of hydrogen-bond donors (Lipinski definition) is 2. The molecule has 4 rings (SSSR count). The molecule has 1 aromatic heterocycles. The molecule has 0 saturated carbocycles. The molecule has 1 heterocycles. The van der Waals surface area contributed by atoms with Crippen LogP contribution in [0.15, 0.2) is 78.9 Å². The number of nitrogens with one attached hydrogen (secondary N) is 2. The molecule has 0 radical (unpaired) electrons. The van der Waals surface area contributed by atoms with E-state index < -0.39 is 0 Å². The number of para-hydroxylation sites is 1. The summed E-state index contributed by atoms with van der Waals surface area (Å²) in [6.45, 7) is 0.549. The highest BCUT2D eigenvalue weighted by Crippen LogP contribution is 2.13. The van der Waals surface area contributed by atoms with Gasteiger partial charge < -0.3 is 0 Å². The summed E-state index contributed by atoms with van der Waals surface area (Å²) in [5.41, 5.74) is 8.52. The van der Waals surface area contributed by atoms with Gasteiger partial charge in [0.2, 0.25) is 0 Å². The van der Waals surface area contributed by atoms with Crippen molar-refractivity contribution in [3.05, 3.63) is 95.6 Å². The van der Waals surface area contributed by atoms with Crippen molar-refractivity contribution in [1.29, 1.82) is 0 Å². The van der Waals surface area contributed by atoms with Gasteiger partial charge in [0.25, 0.3) is 11.8 Å². The van der Waals surface area contributed by atoms with Crippen molar-refractivity contribution in [2.75, 3.05) is 0 Å². The monoisotopic (exact) mass is 371 g/mol. The van der Waals surface area contributed by atoms with Crippen molar-refractivity contribution in [3.63, 3.8) is 0 Å². The number of carbonyl (C=O) groups excluding carboxylic acids is 2. The zero-order chi connectivity index (χ0) is 19.3. The predicted molar refractivity (Wildman–Crippen MR) is 104 cm³/mol. The fourth-order valence-corrected chi connectivity index (χ4v) is 2.82. The van der Waals surface area contributed by atoms with Crippen LogP contribution < -0.4 is 10.9 Å². The molecular formula is C21H17N5O2. The maximum absolute atomic E-state index is 12.2. The molecule has 7 nitrogen and oxygen atoms in total. The second-order valence-corrected chi connectivity index (χ2v) is 6.21. The van der Waals surface area contributed by atoms with Crippen LogP contribution in [0, 0.1) is 0 Å². The Balaban J connectivity index is 1.38. The molecule has 0 spiro atoms. The second-order valence-electron chi connectivity index (χ2n) is 6.21. The number of carbonyl (C=O) groups is 2. The Bertz CT molecular complexity index is 1120. The van der Waals surface area contributed by atoms with Crippen LogP contribution in [-0.4, -0.2) is 26.8 Å². The summed E-state index contributed by atoms with van der Waals surface area (Å²) in [6, 6.07) is 23.5. The first kappa shape index (κ1) is 17.4. The number of hydrogen-bond acceptors (Lipinski definition) is 4. The molecule has 7 heteroatoms. The van der Waals surface area contributed by atoms with Crippen molar-refractivity contribution in [1.82, 2.24) is 25.8 Å². The van der Waals surface area contributed by atoms with Crippen molar-refractivity contribution in [2.45, 2.75) is 6.54 Å². The zero-order valence-corrected chi connectivity index (χ0v) is 14.9. The number of hydrazine groups is 1. The summed E-state index contributed by atoms with van der Waals surface area (Å²) in [7, 11) is 0. The van der Waals surface area contributed by atoms with Crippen LogP contribution in [0.4, 0.5) is 0 Å². The van der Waals surface area contributed by atoms with Crippen molar-refractivity contribution < 1.29 is 9.59 Å². The number of aromatic nitrogens is 3. The quantitative estimate of drug-likeness (QED) is 0.540. The Hall–Kier alpha value is -4.00. The average Bonchev–Trinajstić information content (AvgIpc) is 3.16. The molecule has 0 aliphatic heterocycles. The summed E-state index contributed by atoms with van der Waals surface area (Å²) in [6.07, 6.45) is 0. The normalized spacial score (nSPS) is 10.6. The Morgan fingerprint density at radius 3 is 2.07 bits per heavy atom. The molecule has 0 aliphatic rings. The molecule has 0 fully saturated rings. The van der Waals surface area contributed by atoms with E-state index in [1.54, 1.807) is 36.4 Å². The summed E-state index contributed by atoms with van der Waals surface area (Å²) < 4.78 is 1.81. The molecule has 4 aromatic rings. The molecule has 0 bridgehead atoms. The van der Waals surface area contributed by atoms with Gasteiger partial charge in [-0.2, -0.15) is 0 Å². The summed E-state index contributed by atoms with van der Waals surface area (Å²) in [5.74, 6) is -0.759. The molecule has 2 N–H and O–H groups in total. The van der Waals surface area contributed by atoms with Gasteiger partial charge in [0.1, 0.15) is 5.52 Å². The van der Waals surface area contributed by atoms with E-state index in [0.29, 0.717) is 17.7 Å². The topological polar surface area (TPSA) is 88.9 Å². The van der Waals surface area contributed by atoms with Crippen molar-refractivity contribution in [2.24, 2.45) is 0 Å². The van der Waals surface area contributed by atoms with Crippen LogP contribution in [-0.2, 0) is 6.54 Å². The first-order valence-electron chi connectivity index (χ1n) is 8.73. The van der Waals surface area contributed by atoms with Crippen molar-refractivity contribution in [3.8, 4) is 0 Å². The van der Waals surface area contributed by atoms with E-state index in [0.717, 1.165) is 16.6 Å². The lowest BCUT2D eigenvalue weighted by atomic mass is 10.1. The highest BCUT2D eigenvalue weighted by Gasteiger charge is 2.09. The first-order chi connectivity index (χ1) is 13.7. The molecular weight excluding hydrogens is 354 g/mol. The van der Waals surface area contributed by atoms with Gasteiger partial charge in [0.05, 0.1) is 12.1 Å². The largest absolute Gasteiger partial charge is 0.269 e. The Labute approximate surface area is 161 Å². The van der Waals surface area contributed by atoms with Crippen molar-refractivity contribution >= 4 is 22.8 Å². The molecule has 2 amide bonds. The molecule has 138 valence electrons. The van der Waals surface area contributed by atoms with E-state index in [2.05, 4.69) is 21.2 Å². The van der Waals surface area contributed by atoms with E-state index in [1.807, 2.05) is 47.1 Å². The Morgan fingerprint density at radius 1 is 0.750 bits per heavy atom. The SMILES string of the molecule is O=C(NNC(=O)c1ccc(Cn2nnc3ccccc32)cc1)c1ccccc1. The van der Waals surface area contributed by atoms with Gasteiger partial charge in [-0.05, 0) is 42.0 Å². The third-order valence-electron chi connectivity index (χ3n) is 4.29. The molecule has 28 heavy (non-hydrogen) atoms. The van der Waals surface area contributed by atoms with Gasteiger partial charge in [-0.1, -0.05) is 47.7 Å². The van der Waals surface area contributed by atoms with E-state index in [1.165, 1.54) is 0 Å². The van der Waals surface area contributed by atoms with Gasteiger partial charge in [-0.3, -0.25) is 20.4 Å². The Morgan fingerprint density at radius 2 is 1.36 bits per heavy atom. The summed E-state index contributed by atoms with van der Waals surface area (Å²) in [5, 5.41) is 8.30. The van der Waals surface area contributed by atoms with Gasteiger partial charge in [-0.25, -0.2) is 4.68 Å². The Kier molecular flexibility index (Phi) is 4.79. The minimum Gasteiger partial charge on any atom is -0.267 e. The standard InChI is InChI=1S/C21H17N5O2/c27-20(16-6-2-1-3-7-16)23-24-21(28)17-12-10-15(11-13-17)14-26-19-9-5-4-8-18(19)22-25-26/h1-13H,14H2,(H,23,27)(H,24,28). The van der Waals surface area contributed by atoms with Gasteiger partial charge >= 0.3 is 0 Å². The van der Waals surface area contributed by atoms with E-state index in [4.69, 9.17) is 0 Å². The molecule has 3 aromatic carbocycles. The number of nitrogens with zero attached hydrogens (tertiary/aromatic N) is 3. The minimum atomic E-state index is -0.387.